The zero-order chi connectivity index (χ0) is 13.8. The van der Waals surface area contributed by atoms with Gasteiger partial charge in [-0.05, 0) is 18.2 Å². The van der Waals surface area contributed by atoms with Gasteiger partial charge in [-0.2, -0.15) is 5.26 Å². The molecule has 1 aromatic carbocycles. The molecule has 0 unspecified atom stereocenters. The van der Waals surface area contributed by atoms with Crippen LogP contribution in [0.15, 0.2) is 42.7 Å². The van der Waals surface area contributed by atoms with Crippen molar-refractivity contribution in [1.82, 2.24) is 4.98 Å². The Hall–Kier alpha value is -2.38. The smallest absolute Gasteiger partial charge is 0.142 e. The van der Waals surface area contributed by atoms with Gasteiger partial charge in [0.15, 0.2) is 0 Å². The van der Waals surface area contributed by atoms with E-state index in [-0.39, 0.29) is 16.3 Å². The van der Waals surface area contributed by atoms with Crippen LogP contribution in [0, 0.1) is 17.1 Å². The molecule has 0 aliphatic heterocycles. The minimum atomic E-state index is -0.578. The fraction of sp³-hybridized carbons (Fsp3) is 0. The molecule has 0 atom stereocenters. The Bertz CT molecular complexity index is 675. The molecule has 19 heavy (non-hydrogen) atoms. The van der Waals surface area contributed by atoms with E-state index in [1.165, 1.54) is 18.3 Å². The number of nitriles is 1. The molecule has 1 heterocycles. The summed E-state index contributed by atoms with van der Waals surface area (Å²) in [6, 6.07) is 9.58. The molecule has 5 heteroatoms. The number of hydrogen-bond donors (Lipinski definition) is 1. The molecule has 2 aromatic rings. The van der Waals surface area contributed by atoms with Crippen molar-refractivity contribution < 1.29 is 4.39 Å². The SMILES string of the molecule is N#C/C(=C(/N)c1ccc(Cl)c(F)c1)c1cccnc1. The fourth-order valence-corrected chi connectivity index (χ4v) is 1.72. The molecule has 0 saturated carbocycles. The molecule has 3 nitrogen and oxygen atoms in total. The first-order chi connectivity index (χ1) is 9.13. The zero-order valence-corrected chi connectivity index (χ0v) is 10.5. The maximum atomic E-state index is 13.4. The fourth-order valence-electron chi connectivity index (χ4n) is 1.60. The predicted octanol–water partition coefficient (Wildman–Crippen LogP) is 3.22. The van der Waals surface area contributed by atoms with Gasteiger partial charge in [-0.25, -0.2) is 4.39 Å². The molecule has 0 radical (unpaired) electrons. The largest absolute Gasteiger partial charge is 0.397 e. The van der Waals surface area contributed by atoms with Crippen molar-refractivity contribution in [2.75, 3.05) is 0 Å². The van der Waals surface area contributed by atoms with E-state index in [0.717, 1.165) is 0 Å². The minimum Gasteiger partial charge on any atom is -0.397 e. The topological polar surface area (TPSA) is 62.7 Å². The Labute approximate surface area is 114 Å². The van der Waals surface area contributed by atoms with Gasteiger partial charge in [0, 0.05) is 23.5 Å². The zero-order valence-electron chi connectivity index (χ0n) is 9.77. The van der Waals surface area contributed by atoms with Gasteiger partial charge in [0.05, 0.1) is 16.3 Å². The number of hydrogen-bond acceptors (Lipinski definition) is 3. The van der Waals surface area contributed by atoms with Crippen LogP contribution in [0.2, 0.25) is 5.02 Å². The lowest BCUT2D eigenvalue weighted by Crippen LogP contribution is -2.01. The van der Waals surface area contributed by atoms with Crippen LogP contribution in [0.3, 0.4) is 0 Å². The Morgan fingerprint density at radius 3 is 2.68 bits per heavy atom. The summed E-state index contributed by atoms with van der Waals surface area (Å²) >= 11 is 5.61. The first kappa shape index (κ1) is 13.1. The predicted molar refractivity (Wildman–Crippen MR) is 72.3 cm³/mol. The lowest BCUT2D eigenvalue weighted by molar-refractivity contribution is 0.628. The Balaban J connectivity index is 2.56. The van der Waals surface area contributed by atoms with Crippen LogP contribution in [0.4, 0.5) is 4.39 Å². The second-order valence-electron chi connectivity index (χ2n) is 3.77. The number of rotatable bonds is 2. The maximum Gasteiger partial charge on any atom is 0.142 e. The van der Waals surface area contributed by atoms with Gasteiger partial charge in [-0.3, -0.25) is 4.98 Å². The molecule has 0 aliphatic rings. The molecule has 94 valence electrons. The van der Waals surface area contributed by atoms with E-state index in [1.807, 2.05) is 6.07 Å². The lowest BCUT2D eigenvalue weighted by Gasteiger charge is -2.06. The number of allylic oxidation sites excluding steroid dienone is 1. The average Bonchev–Trinajstić information content (AvgIpc) is 2.44. The van der Waals surface area contributed by atoms with Crippen LogP contribution in [-0.4, -0.2) is 4.98 Å². The highest BCUT2D eigenvalue weighted by molar-refractivity contribution is 6.30. The molecule has 0 amide bonds. The van der Waals surface area contributed by atoms with E-state index in [0.29, 0.717) is 11.1 Å². The minimum absolute atomic E-state index is 0.0106. The van der Waals surface area contributed by atoms with E-state index >= 15 is 0 Å². The third-order valence-electron chi connectivity index (χ3n) is 2.56. The van der Waals surface area contributed by atoms with Crippen molar-refractivity contribution in [2.45, 2.75) is 0 Å². The third kappa shape index (κ3) is 2.72. The number of benzene rings is 1. The molecule has 0 fully saturated rings. The number of nitrogens with two attached hydrogens (primary N) is 1. The summed E-state index contributed by atoms with van der Waals surface area (Å²) < 4.78 is 13.4. The van der Waals surface area contributed by atoms with Gasteiger partial charge >= 0.3 is 0 Å². The highest BCUT2D eigenvalue weighted by atomic mass is 35.5. The van der Waals surface area contributed by atoms with Gasteiger partial charge in [0.25, 0.3) is 0 Å². The van der Waals surface area contributed by atoms with Crippen LogP contribution >= 0.6 is 11.6 Å². The Kier molecular flexibility index (Phi) is 3.79. The number of aromatic nitrogens is 1. The average molecular weight is 274 g/mol. The summed E-state index contributed by atoms with van der Waals surface area (Å²) in [6.45, 7) is 0. The van der Waals surface area contributed by atoms with Gasteiger partial charge < -0.3 is 5.73 Å². The second kappa shape index (κ2) is 5.51. The highest BCUT2D eigenvalue weighted by Crippen LogP contribution is 2.24. The number of halogens is 2. The van der Waals surface area contributed by atoms with E-state index < -0.39 is 5.82 Å². The summed E-state index contributed by atoms with van der Waals surface area (Å²) in [4.78, 5) is 3.93. The molecule has 0 aliphatic carbocycles. The van der Waals surface area contributed by atoms with Crippen LogP contribution in [-0.2, 0) is 0 Å². The van der Waals surface area contributed by atoms with E-state index in [2.05, 4.69) is 4.98 Å². The van der Waals surface area contributed by atoms with Gasteiger partial charge in [-0.1, -0.05) is 23.7 Å². The first-order valence-electron chi connectivity index (χ1n) is 5.39. The quantitative estimate of drug-likeness (QED) is 0.855. The second-order valence-corrected chi connectivity index (χ2v) is 4.18. The highest BCUT2D eigenvalue weighted by Gasteiger charge is 2.10. The van der Waals surface area contributed by atoms with Crippen molar-refractivity contribution in [2.24, 2.45) is 5.73 Å². The monoisotopic (exact) mass is 273 g/mol. The summed E-state index contributed by atoms with van der Waals surface area (Å²) in [5.74, 6) is -0.578. The van der Waals surface area contributed by atoms with Crippen LogP contribution in [0.25, 0.3) is 11.3 Å². The summed E-state index contributed by atoms with van der Waals surface area (Å²) in [7, 11) is 0. The van der Waals surface area contributed by atoms with E-state index in [1.54, 1.807) is 24.4 Å². The standard InChI is InChI=1S/C14H9ClFN3/c15-12-4-3-9(6-13(12)16)14(18)11(7-17)10-2-1-5-19-8-10/h1-6,8H,18H2/b14-11-. The molecular weight excluding hydrogens is 265 g/mol. The van der Waals surface area contributed by atoms with Crippen molar-refractivity contribution in [3.63, 3.8) is 0 Å². The van der Waals surface area contributed by atoms with Gasteiger partial charge in [0.2, 0.25) is 0 Å². The lowest BCUT2D eigenvalue weighted by atomic mass is 10.0. The van der Waals surface area contributed by atoms with E-state index in [9.17, 15) is 9.65 Å². The molecule has 0 bridgehead atoms. The molecule has 1 aromatic heterocycles. The molecule has 0 saturated heterocycles. The maximum absolute atomic E-state index is 13.4. The molecular formula is C14H9ClFN3. The van der Waals surface area contributed by atoms with Crippen molar-refractivity contribution in [3.8, 4) is 6.07 Å². The van der Waals surface area contributed by atoms with Gasteiger partial charge in [0.1, 0.15) is 11.9 Å². The Morgan fingerprint density at radius 2 is 2.11 bits per heavy atom. The van der Waals surface area contributed by atoms with Crippen LogP contribution in [0.5, 0.6) is 0 Å². The van der Waals surface area contributed by atoms with Crippen LogP contribution < -0.4 is 5.73 Å². The van der Waals surface area contributed by atoms with E-state index in [4.69, 9.17) is 17.3 Å². The normalized spacial score (nSPS) is 11.6. The number of pyridine rings is 1. The van der Waals surface area contributed by atoms with Crippen LogP contribution in [0.1, 0.15) is 11.1 Å². The first-order valence-corrected chi connectivity index (χ1v) is 5.77. The Morgan fingerprint density at radius 1 is 1.32 bits per heavy atom. The molecule has 2 N–H and O–H groups in total. The van der Waals surface area contributed by atoms with Crippen molar-refractivity contribution in [1.29, 1.82) is 5.26 Å². The third-order valence-corrected chi connectivity index (χ3v) is 2.87. The summed E-state index contributed by atoms with van der Waals surface area (Å²) in [6.07, 6.45) is 3.12. The molecule has 0 spiro atoms. The van der Waals surface area contributed by atoms with Crippen molar-refractivity contribution >= 4 is 22.9 Å². The van der Waals surface area contributed by atoms with Gasteiger partial charge in [-0.15, -0.1) is 0 Å². The molecule has 2 rings (SSSR count). The summed E-state index contributed by atoms with van der Waals surface area (Å²) in [5.41, 5.74) is 7.34. The number of nitrogens with zero attached hydrogens (tertiary/aromatic N) is 2. The van der Waals surface area contributed by atoms with Crippen molar-refractivity contribution in [3.05, 3.63) is 64.7 Å². The summed E-state index contributed by atoms with van der Waals surface area (Å²) in [5, 5.41) is 9.21.